The zero-order valence-corrected chi connectivity index (χ0v) is 36.9. The molecule has 7 nitrogen and oxygen atoms in total. The second-order valence-corrected chi connectivity index (χ2v) is 15.1. The third-order valence-electron chi connectivity index (χ3n) is 7.35. The topological polar surface area (TPSA) is 121 Å². The molecule has 0 aromatic carbocycles. The molecule has 0 radical (unpaired) electrons. The van der Waals surface area contributed by atoms with Gasteiger partial charge >= 0.3 is 5.97 Å². The summed E-state index contributed by atoms with van der Waals surface area (Å²) in [6.45, 7) is 31.1. The number of hydrogen-bond donors (Lipinski definition) is 3. The van der Waals surface area contributed by atoms with Gasteiger partial charge in [-0.25, -0.2) is 0 Å². The Morgan fingerprint density at radius 3 is 1.28 bits per heavy atom. The highest BCUT2D eigenvalue weighted by Gasteiger charge is 2.09. The van der Waals surface area contributed by atoms with Crippen LogP contribution in [0.25, 0.3) is 0 Å². The van der Waals surface area contributed by atoms with Crippen LogP contribution < -0.4 is 0 Å². The summed E-state index contributed by atoms with van der Waals surface area (Å²) in [5, 5.41) is 24.6. The maximum atomic E-state index is 11.2. The SMILES string of the molecule is CC(=O)O.CC(C)=CCC/C(C)=C/CO.CC(C)=CCC/C(C)=C\C=O.CC(C)=CCCC(C)CCO.CC(C)=CCCC(C)CCOC(=O)C(C)C. The average Bonchev–Trinajstić information content (AvgIpc) is 3.01. The number of aliphatic hydroxyl groups excluding tert-OH is 2. The van der Waals surface area contributed by atoms with Gasteiger partial charge in [-0.05, 0) is 151 Å². The lowest BCUT2D eigenvalue weighted by atomic mass is 10.0. The third-order valence-corrected chi connectivity index (χ3v) is 7.35. The van der Waals surface area contributed by atoms with E-state index in [0.29, 0.717) is 25.0 Å². The van der Waals surface area contributed by atoms with Crippen molar-refractivity contribution in [1.82, 2.24) is 0 Å². The Morgan fingerprint density at radius 1 is 0.566 bits per heavy atom. The number of aldehydes is 1. The lowest BCUT2D eigenvalue weighted by Gasteiger charge is -2.11. The summed E-state index contributed by atoms with van der Waals surface area (Å²) in [7, 11) is 0. The highest BCUT2D eigenvalue weighted by atomic mass is 16.5. The molecular formula is C46H84O7. The van der Waals surface area contributed by atoms with Gasteiger partial charge in [0.05, 0.1) is 19.1 Å². The number of carboxylic acids is 1. The van der Waals surface area contributed by atoms with Crippen molar-refractivity contribution >= 4 is 18.2 Å². The summed E-state index contributed by atoms with van der Waals surface area (Å²) in [5.41, 5.74) is 7.88. The second-order valence-electron chi connectivity index (χ2n) is 15.1. The molecule has 0 saturated carbocycles. The van der Waals surface area contributed by atoms with E-state index in [-0.39, 0.29) is 18.5 Å². The van der Waals surface area contributed by atoms with Crippen LogP contribution in [0.4, 0.5) is 0 Å². The Hall–Kier alpha value is -3.03. The van der Waals surface area contributed by atoms with Gasteiger partial charge in [0.2, 0.25) is 0 Å². The minimum atomic E-state index is -0.833. The van der Waals surface area contributed by atoms with Crippen molar-refractivity contribution < 1.29 is 34.4 Å². The van der Waals surface area contributed by atoms with Crippen LogP contribution in [0.1, 0.15) is 168 Å². The van der Waals surface area contributed by atoms with Gasteiger partial charge in [0.1, 0.15) is 6.29 Å². The standard InChI is InChI=1S/C14H26O2.C10H20O.C10H18O.C10H16O.C2H4O2/c1-11(2)7-6-8-13(5)9-10-16-14(15)12(3)4;3*1-9(2)5-4-6-10(3)7-8-11;1-2(3)4/h7,12-13H,6,8-10H2,1-5H3;5,10-11H,4,6-8H2,1-3H3;5,7,11H,4,6,8H2,1-3H3;5,7-8H,4,6H2,1-3H3;1H3,(H,3,4)/b;;10-7+;10-7-;. The lowest BCUT2D eigenvalue weighted by molar-refractivity contribution is -0.147. The fourth-order valence-electron chi connectivity index (χ4n) is 3.98. The van der Waals surface area contributed by atoms with Crippen molar-refractivity contribution in [2.75, 3.05) is 19.8 Å². The first-order valence-electron chi connectivity index (χ1n) is 19.5. The van der Waals surface area contributed by atoms with Crippen LogP contribution in [0.15, 0.2) is 69.9 Å². The van der Waals surface area contributed by atoms with Crippen molar-refractivity contribution in [2.24, 2.45) is 17.8 Å². The van der Waals surface area contributed by atoms with Crippen LogP contribution in [-0.2, 0) is 19.1 Å². The maximum Gasteiger partial charge on any atom is 0.308 e. The largest absolute Gasteiger partial charge is 0.481 e. The van der Waals surface area contributed by atoms with Crippen molar-refractivity contribution in [2.45, 2.75) is 168 Å². The molecule has 0 fully saturated rings. The highest BCUT2D eigenvalue weighted by Crippen LogP contribution is 2.13. The van der Waals surface area contributed by atoms with Crippen LogP contribution in [0.5, 0.6) is 0 Å². The highest BCUT2D eigenvalue weighted by molar-refractivity contribution is 5.71. The third kappa shape index (κ3) is 67.6. The van der Waals surface area contributed by atoms with Crippen LogP contribution in [0.2, 0.25) is 0 Å². The van der Waals surface area contributed by atoms with E-state index in [0.717, 1.165) is 70.1 Å². The lowest BCUT2D eigenvalue weighted by Crippen LogP contribution is -2.13. The first kappa shape index (κ1) is 59.3. The van der Waals surface area contributed by atoms with E-state index < -0.39 is 5.97 Å². The van der Waals surface area contributed by atoms with E-state index in [1.165, 1.54) is 40.7 Å². The number of aliphatic carboxylic acids is 1. The molecule has 0 aromatic rings. The van der Waals surface area contributed by atoms with Gasteiger partial charge < -0.3 is 20.1 Å². The zero-order valence-electron chi connectivity index (χ0n) is 36.9. The van der Waals surface area contributed by atoms with Crippen LogP contribution in [0, 0.1) is 17.8 Å². The molecule has 0 aromatic heterocycles. The quantitative estimate of drug-likeness (QED) is 0.0490. The van der Waals surface area contributed by atoms with E-state index >= 15 is 0 Å². The van der Waals surface area contributed by atoms with Crippen LogP contribution in [-0.4, -0.2) is 53.4 Å². The first-order valence-corrected chi connectivity index (χ1v) is 19.5. The monoisotopic (exact) mass is 749 g/mol. The Labute approximate surface area is 327 Å². The van der Waals surface area contributed by atoms with Crippen molar-refractivity contribution in [3.8, 4) is 0 Å². The van der Waals surface area contributed by atoms with E-state index in [1.807, 2.05) is 26.8 Å². The van der Waals surface area contributed by atoms with E-state index in [4.69, 9.17) is 24.9 Å². The average molecular weight is 749 g/mol. The molecule has 3 N–H and O–H groups in total. The van der Waals surface area contributed by atoms with Gasteiger partial charge in [0, 0.05) is 13.5 Å². The maximum absolute atomic E-state index is 11.2. The Morgan fingerprint density at radius 2 is 0.943 bits per heavy atom. The molecule has 0 amide bonds. The molecule has 310 valence electrons. The summed E-state index contributed by atoms with van der Waals surface area (Å²) in [5.74, 6) is 0.351. The normalized spacial score (nSPS) is 11.5. The minimum Gasteiger partial charge on any atom is -0.481 e. The first-order chi connectivity index (χ1) is 24.7. The summed E-state index contributed by atoms with van der Waals surface area (Å²) in [6, 6.07) is 0. The molecule has 7 heteroatoms. The van der Waals surface area contributed by atoms with E-state index in [9.17, 15) is 9.59 Å². The summed E-state index contributed by atoms with van der Waals surface area (Å²) in [4.78, 5) is 30.2. The number of rotatable bonds is 20. The van der Waals surface area contributed by atoms with Crippen LogP contribution in [0.3, 0.4) is 0 Å². The van der Waals surface area contributed by atoms with Crippen molar-refractivity contribution in [3.63, 3.8) is 0 Å². The van der Waals surface area contributed by atoms with Crippen molar-refractivity contribution in [1.29, 1.82) is 0 Å². The molecule has 53 heavy (non-hydrogen) atoms. The number of esters is 1. The molecule has 2 unspecified atom stereocenters. The molecule has 0 aliphatic rings. The molecule has 0 aliphatic carbocycles. The molecule has 0 rings (SSSR count). The number of carboxylic acid groups (broad SMARTS) is 1. The van der Waals surface area contributed by atoms with Gasteiger partial charge in [-0.15, -0.1) is 0 Å². The Kier molecular flexibility index (Phi) is 48.5. The van der Waals surface area contributed by atoms with E-state index in [1.54, 1.807) is 6.08 Å². The molecule has 0 spiro atoms. The van der Waals surface area contributed by atoms with Gasteiger partial charge in [-0.3, -0.25) is 14.4 Å². The molecule has 2 atom stereocenters. The summed E-state index contributed by atoms with van der Waals surface area (Å²) >= 11 is 0. The number of ether oxygens (including phenoxy) is 1. The Bertz CT molecular complexity index is 1070. The molecular weight excluding hydrogens is 664 g/mol. The number of carbonyl (C=O) groups is 3. The number of hydrogen-bond acceptors (Lipinski definition) is 6. The predicted octanol–water partition coefficient (Wildman–Crippen LogP) is 12.3. The molecule has 0 aliphatic heterocycles. The van der Waals surface area contributed by atoms with Gasteiger partial charge in [0.25, 0.3) is 5.97 Å². The fourth-order valence-corrected chi connectivity index (χ4v) is 3.98. The second kappa shape index (κ2) is 43.4. The van der Waals surface area contributed by atoms with Gasteiger partial charge in [-0.1, -0.05) is 91.5 Å². The number of carbonyl (C=O) groups excluding carboxylic acids is 2. The van der Waals surface area contributed by atoms with Gasteiger partial charge in [-0.2, -0.15) is 0 Å². The molecule has 0 bridgehead atoms. The zero-order chi connectivity index (χ0) is 42.2. The number of aliphatic hydroxyl groups is 2. The van der Waals surface area contributed by atoms with E-state index in [2.05, 4.69) is 100 Å². The predicted molar refractivity (Wildman–Crippen MR) is 229 cm³/mol. The molecule has 0 saturated heterocycles. The fraction of sp³-hybridized carbons (Fsp3) is 0.674. The van der Waals surface area contributed by atoms with Crippen LogP contribution >= 0.6 is 0 Å². The van der Waals surface area contributed by atoms with Crippen molar-refractivity contribution in [3.05, 3.63) is 69.9 Å². The Balaban J connectivity index is -0.000000189. The summed E-state index contributed by atoms with van der Waals surface area (Å²) < 4.78 is 5.15. The van der Waals surface area contributed by atoms with Gasteiger partial charge in [0.15, 0.2) is 0 Å². The minimum absolute atomic E-state index is 0.0130. The summed E-state index contributed by atoms with van der Waals surface area (Å²) in [6.07, 6.45) is 24.0. The smallest absolute Gasteiger partial charge is 0.308 e. The molecule has 0 heterocycles. The number of allylic oxidation sites excluding steroid dienone is 11.